The van der Waals surface area contributed by atoms with Crippen molar-refractivity contribution in [3.05, 3.63) is 70.5 Å². The van der Waals surface area contributed by atoms with E-state index in [1.165, 1.54) is 17.2 Å². The normalized spacial score (nSPS) is 12.4. The van der Waals surface area contributed by atoms with Gasteiger partial charge in [0.1, 0.15) is 5.82 Å². The van der Waals surface area contributed by atoms with Crippen LogP contribution in [0.4, 0.5) is 4.39 Å². The van der Waals surface area contributed by atoms with E-state index < -0.39 is 0 Å². The average Bonchev–Trinajstić information content (AvgIpc) is 2.40. The quantitative estimate of drug-likeness (QED) is 0.861. The van der Waals surface area contributed by atoms with Crippen LogP contribution in [-0.4, -0.2) is 0 Å². The first-order valence-corrected chi connectivity index (χ1v) is 6.62. The lowest BCUT2D eigenvalue weighted by molar-refractivity contribution is 0.565. The molecule has 0 saturated carbocycles. The van der Waals surface area contributed by atoms with Crippen molar-refractivity contribution in [3.63, 3.8) is 0 Å². The summed E-state index contributed by atoms with van der Waals surface area (Å²) in [5.74, 6) is -0.175. The zero-order valence-corrected chi connectivity index (χ0v) is 11.7. The van der Waals surface area contributed by atoms with Crippen molar-refractivity contribution < 1.29 is 4.39 Å². The lowest BCUT2D eigenvalue weighted by atomic mass is 10.0. The van der Waals surface area contributed by atoms with E-state index in [9.17, 15) is 4.39 Å². The standard InChI is InChI=1S/C17H20FN/c1-12-8-9-16(18)10-15(12)11-19-14(3)17-7-5-4-6-13(17)2/h4-10,14,19H,11H2,1-3H3. The fourth-order valence-electron chi connectivity index (χ4n) is 2.28. The van der Waals surface area contributed by atoms with E-state index in [2.05, 4.69) is 31.3 Å². The third-order valence-electron chi connectivity index (χ3n) is 3.56. The van der Waals surface area contributed by atoms with Gasteiger partial charge in [-0.3, -0.25) is 0 Å². The predicted octanol–water partition coefficient (Wildman–Crippen LogP) is 4.29. The molecule has 0 aromatic heterocycles. The molecule has 1 nitrogen and oxygen atoms in total. The first-order chi connectivity index (χ1) is 9.08. The van der Waals surface area contributed by atoms with Crippen LogP contribution in [0, 0.1) is 19.7 Å². The van der Waals surface area contributed by atoms with Gasteiger partial charge < -0.3 is 5.32 Å². The van der Waals surface area contributed by atoms with Crippen molar-refractivity contribution in [1.29, 1.82) is 0 Å². The van der Waals surface area contributed by atoms with E-state index in [1.807, 2.05) is 25.1 Å². The number of nitrogens with one attached hydrogen (secondary N) is 1. The second kappa shape index (κ2) is 5.98. The van der Waals surface area contributed by atoms with Gasteiger partial charge in [-0.1, -0.05) is 30.3 Å². The van der Waals surface area contributed by atoms with Crippen molar-refractivity contribution in [2.24, 2.45) is 0 Å². The van der Waals surface area contributed by atoms with Gasteiger partial charge in [0.15, 0.2) is 0 Å². The first kappa shape index (κ1) is 13.8. The lowest BCUT2D eigenvalue weighted by Gasteiger charge is -2.17. The molecular formula is C17H20FN. The van der Waals surface area contributed by atoms with E-state index in [0.29, 0.717) is 6.54 Å². The fraction of sp³-hybridized carbons (Fsp3) is 0.294. The van der Waals surface area contributed by atoms with Crippen LogP contribution in [0.2, 0.25) is 0 Å². The summed E-state index contributed by atoms with van der Waals surface area (Å²) in [5.41, 5.74) is 4.70. The Morgan fingerprint density at radius 3 is 2.53 bits per heavy atom. The Balaban J connectivity index is 2.06. The molecule has 0 amide bonds. The van der Waals surface area contributed by atoms with E-state index in [4.69, 9.17) is 0 Å². The Hall–Kier alpha value is -1.67. The van der Waals surface area contributed by atoms with Crippen LogP contribution in [0.15, 0.2) is 42.5 Å². The van der Waals surface area contributed by atoms with Gasteiger partial charge in [0.05, 0.1) is 0 Å². The molecule has 19 heavy (non-hydrogen) atoms. The molecule has 1 atom stereocenters. The highest BCUT2D eigenvalue weighted by molar-refractivity contribution is 5.29. The van der Waals surface area contributed by atoms with Crippen molar-refractivity contribution >= 4 is 0 Å². The molecule has 0 aliphatic carbocycles. The molecule has 2 heteroatoms. The smallest absolute Gasteiger partial charge is 0.123 e. The maximum absolute atomic E-state index is 13.2. The molecule has 0 aliphatic heterocycles. The Kier molecular flexibility index (Phi) is 4.33. The van der Waals surface area contributed by atoms with Gasteiger partial charge in [-0.05, 0) is 55.2 Å². The van der Waals surface area contributed by atoms with Gasteiger partial charge in [-0.15, -0.1) is 0 Å². The molecule has 100 valence electrons. The molecule has 2 rings (SSSR count). The van der Waals surface area contributed by atoms with Crippen LogP contribution >= 0.6 is 0 Å². The number of rotatable bonds is 4. The zero-order chi connectivity index (χ0) is 13.8. The summed E-state index contributed by atoms with van der Waals surface area (Å²) in [5, 5.41) is 3.46. The van der Waals surface area contributed by atoms with Gasteiger partial charge in [0.25, 0.3) is 0 Å². The Bertz CT molecular complexity index is 563. The minimum absolute atomic E-state index is 0.175. The minimum atomic E-state index is -0.175. The van der Waals surface area contributed by atoms with Gasteiger partial charge >= 0.3 is 0 Å². The SMILES string of the molecule is Cc1ccc(F)cc1CNC(C)c1ccccc1C. The number of aryl methyl sites for hydroxylation is 2. The molecule has 0 heterocycles. The second-order valence-electron chi connectivity index (χ2n) is 5.03. The summed E-state index contributed by atoms with van der Waals surface area (Å²) >= 11 is 0. The molecule has 0 bridgehead atoms. The van der Waals surface area contributed by atoms with Gasteiger partial charge in [-0.2, -0.15) is 0 Å². The third-order valence-corrected chi connectivity index (χ3v) is 3.56. The zero-order valence-electron chi connectivity index (χ0n) is 11.7. The number of hydrogen-bond donors (Lipinski definition) is 1. The maximum Gasteiger partial charge on any atom is 0.123 e. The molecule has 0 spiro atoms. The summed E-state index contributed by atoms with van der Waals surface area (Å²) < 4.78 is 13.2. The molecule has 1 unspecified atom stereocenters. The van der Waals surface area contributed by atoms with Gasteiger partial charge in [-0.25, -0.2) is 4.39 Å². The highest BCUT2D eigenvalue weighted by atomic mass is 19.1. The van der Waals surface area contributed by atoms with Crippen LogP contribution in [0.1, 0.15) is 35.2 Å². The van der Waals surface area contributed by atoms with Gasteiger partial charge in [0.2, 0.25) is 0 Å². The molecule has 0 radical (unpaired) electrons. The summed E-state index contributed by atoms with van der Waals surface area (Å²) in [6.45, 7) is 6.94. The molecule has 2 aromatic rings. The number of halogens is 1. The van der Waals surface area contributed by atoms with Crippen molar-refractivity contribution in [1.82, 2.24) is 5.32 Å². The summed E-state index contributed by atoms with van der Waals surface area (Å²) in [4.78, 5) is 0. The summed E-state index contributed by atoms with van der Waals surface area (Å²) in [7, 11) is 0. The molecule has 0 aliphatic rings. The van der Waals surface area contributed by atoms with Crippen LogP contribution < -0.4 is 5.32 Å². The largest absolute Gasteiger partial charge is 0.306 e. The van der Waals surface area contributed by atoms with Crippen LogP contribution in [0.3, 0.4) is 0 Å². The molecule has 1 N–H and O–H groups in total. The Morgan fingerprint density at radius 1 is 1.05 bits per heavy atom. The van der Waals surface area contributed by atoms with Crippen LogP contribution in [0.5, 0.6) is 0 Å². The second-order valence-corrected chi connectivity index (χ2v) is 5.03. The molecule has 2 aromatic carbocycles. The number of benzene rings is 2. The third kappa shape index (κ3) is 3.42. The van der Waals surface area contributed by atoms with E-state index in [1.54, 1.807) is 6.07 Å². The van der Waals surface area contributed by atoms with Gasteiger partial charge in [0, 0.05) is 12.6 Å². The fourth-order valence-corrected chi connectivity index (χ4v) is 2.28. The molecular weight excluding hydrogens is 237 g/mol. The average molecular weight is 257 g/mol. The maximum atomic E-state index is 13.2. The molecule has 0 fully saturated rings. The number of hydrogen-bond acceptors (Lipinski definition) is 1. The Labute approximate surface area is 114 Å². The topological polar surface area (TPSA) is 12.0 Å². The monoisotopic (exact) mass is 257 g/mol. The van der Waals surface area contributed by atoms with E-state index in [-0.39, 0.29) is 11.9 Å². The highest BCUT2D eigenvalue weighted by Gasteiger charge is 2.08. The van der Waals surface area contributed by atoms with Crippen molar-refractivity contribution in [2.75, 3.05) is 0 Å². The lowest BCUT2D eigenvalue weighted by Crippen LogP contribution is -2.19. The van der Waals surface area contributed by atoms with Crippen LogP contribution in [-0.2, 0) is 6.54 Å². The van der Waals surface area contributed by atoms with Crippen LogP contribution in [0.25, 0.3) is 0 Å². The molecule has 0 saturated heterocycles. The van der Waals surface area contributed by atoms with E-state index >= 15 is 0 Å². The van der Waals surface area contributed by atoms with Crippen molar-refractivity contribution in [2.45, 2.75) is 33.4 Å². The van der Waals surface area contributed by atoms with E-state index in [0.717, 1.165) is 11.1 Å². The first-order valence-electron chi connectivity index (χ1n) is 6.62. The minimum Gasteiger partial charge on any atom is -0.306 e. The van der Waals surface area contributed by atoms with Crippen molar-refractivity contribution in [3.8, 4) is 0 Å². The summed E-state index contributed by atoms with van der Waals surface area (Å²) in [6.07, 6.45) is 0. The summed E-state index contributed by atoms with van der Waals surface area (Å²) in [6, 6.07) is 13.5. The Morgan fingerprint density at radius 2 is 1.79 bits per heavy atom. The highest BCUT2D eigenvalue weighted by Crippen LogP contribution is 2.18. The predicted molar refractivity (Wildman–Crippen MR) is 77.6 cm³/mol.